The molecule has 98 valence electrons. The van der Waals surface area contributed by atoms with E-state index in [1.165, 1.54) is 18.4 Å². The molecule has 7 heteroatoms. The first kappa shape index (κ1) is 12.8. The van der Waals surface area contributed by atoms with Gasteiger partial charge in [-0.3, -0.25) is 4.79 Å². The number of esters is 1. The van der Waals surface area contributed by atoms with Crippen molar-refractivity contribution in [2.24, 2.45) is 0 Å². The van der Waals surface area contributed by atoms with Crippen LogP contribution in [0.15, 0.2) is 5.38 Å². The summed E-state index contributed by atoms with van der Waals surface area (Å²) in [6.45, 7) is 4.92. The molecule has 2 heterocycles. The van der Waals surface area contributed by atoms with E-state index in [4.69, 9.17) is 0 Å². The molecule has 0 radical (unpaired) electrons. The number of methoxy groups -OCH3 is 1. The number of aromatic nitrogens is 1. The minimum Gasteiger partial charge on any atom is -0.464 e. The first-order chi connectivity index (χ1) is 8.46. The molecule has 18 heavy (non-hydrogen) atoms. The molecule has 1 amide bonds. The van der Waals surface area contributed by atoms with Gasteiger partial charge in [0.2, 0.25) is 5.91 Å². The van der Waals surface area contributed by atoms with Crippen LogP contribution >= 0.6 is 11.3 Å². The molecule has 0 bridgehead atoms. The fourth-order valence-electron chi connectivity index (χ4n) is 1.82. The zero-order valence-electron chi connectivity index (χ0n) is 10.5. The molecule has 6 nitrogen and oxygen atoms in total. The molecule has 0 atom stereocenters. The smallest absolute Gasteiger partial charge is 0.357 e. The Morgan fingerprint density at radius 2 is 2.33 bits per heavy atom. The predicted octanol–water partition coefficient (Wildman–Crippen LogP) is 0.645. The average molecular weight is 269 g/mol. The van der Waals surface area contributed by atoms with E-state index in [0.29, 0.717) is 18.2 Å². The van der Waals surface area contributed by atoms with Crippen molar-refractivity contribution in [1.29, 1.82) is 0 Å². The van der Waals surface area contributed by atoms with E-state index in [0.717, 1.165) is 0 Å². The van der Waals surface area contributed by atoms with Crippen LogP contribution < -0.4 is 10.2 Å². The van der Waals surface area contributed by atoms with Gasteiger partial charge in [0.15, 0.2) is 10.8 Å². The molecule has 1 fully saturated rings. The zero-order valence-corrected chi connectivity index (χ0v) is 11.3. The number of hydrogen-bond donors (Lipinski definition) is 1. The number of thiazole rings is 1. The Bertz CT molecular complexity index is 484. The van der Waals surface area contributed by atoms with Crippen LogP contribution in [0.25, 0.3) is 0 Å². The third-order valence-corrected chi connectivity index (χ3v) is 3.83. The largest absolute Gasteiger partial charge is 0.464 e. The molecular formula is C11H15N3O3S. The van der Waals surface area contributed by atoms with Crippen molar-refractivity contribution in [1.82, 2.24) is 10.3 Å². The lowest BCUT2D eigenvalue weighted by atomic mass is 10.00. The van der Waals surface area contributed by atoms with Crippen molar-refractivity contribution in [2.75, 3.05) is 25.1 Å². The maximum Gasteiger partial charge on any atom is 0.357 e. The minimum atomic E-state index is -0.663. The van der Waals surface area contributed by atoms with Gasteiger partial charge in [-0.1, -0.05) is 0 Å². The molecule has 1 aliphatic rings. The SMILES string of the molecule is COC(=O)c1csc(N2CCNC(=O)C2(C)C)n1. The van der Waals surface area contributed by atoms with Crippen LogP contribution in [0.3, 0.4) is 0 Å². The maximum atomic E-state index is 11.8. The molecule has 0 spiro atoms. The summed E-state index contributed by atoms with van der Waals surface area (Å²) in [5.74, 6) is -0.500. The van der Waals surface area contributed by atoms with E-state index in [-0.39, 0.29) is 11.6 Å². The number of anilines is 1. The second-order valence-corrected chi connectivity index (χ2v) is 5.31. The molecule has 0 saturated carbocycles. The van der Waals surface area contributed by atoms with Gasteiger partial charge in [0.1, 0.15) is 5.54 Å². The van der Waals surface area contributed by atoms with Crippen LogP contribution in [0.1, 0.15) is 24.3 Å². The first-order valence-electron chi connectivity index (χ1n) is 5.56. The number of rotatable bonds is 2. The molecule has 1 aliphatic heterocycles. The van der Waals surface area contributed by atoms with Crippen molar-refractivity contribution in [3.8, 4) is 0 Å². The molecular weight excluding hydrogens is 254 g/mol. The summed E-state index contributed by atoms with van der Waals surface area (Å²) in [5, 5.41) is 5.12. The van der Waals surface area contributed by atoms with E-state index in [1.807, 2.05) is 18.7 Å². The van der Waals surface area contributed by atoms with Crippen LogP contribution in [-0.2, 0) is 9.53 Å². The maximum absolute atomic E-state index is 11.8. The second kappa shape index (κ2) is 4.56. The quantitative estimate of drug-likeness (QED) is 0.798. The fourth-order valence-corrected chi connectivity index (χ4v) is 2.78. The molecule has 0 unspecified atom stereocenters. The Labute approximate surface area is 109 Å². The van der Waals surface area contributed by atoms with Gasteiger partial charge >= 0.3 is 5.97 Å². The van der Waals surface area contributed by atoms with Gasteiger partial charge in [0.25, 0.3) is 0 Å². The number of nitrogens with zero attached hydrogens (tertiary/aromatic N) is 2. The van der Waals surface area contributed by atoms with E-state index >= 15 is 0 Å². The summed E-state index contributed by atoms with van der Waals surface area (Å²) in [6.07, 6.45) is 0. The predicted molar refractivity (Wildman–Crippen MR) is 67.9 cm³/mol. The number of amides is 1. The zero-order chi connectivity index (χ0) is 13.3. The first-order valence-corrected chi connectivity index (χ1v) is 6.44. The minimum absolute atomic E-state index is 0.0384. The number of piperazine rings is 1. The Kier molecular flexibility index (Phi) is 3.25. The molecule has 0 aliphatic carbocycles. The van der Waals surface area contributed by atoms with E-state index in [9.17, 15) is 9.59 Å². The summed E-state index contributed by atoms with van der Waals surface area (Å²) in [5.41, 5.74) is -0.386. The number of ether oxygens (including phenoxy) is 1. The number of carbonyl (C=O) groups excluding carboxylic acids is 2. The van der Waals surface area contributed by atoms with Crippen LogP contribution in [0.5, 0.6) is 0 Å². The Hall–Kier alpha value is -1.63. The van der Waals surface area contributed by atoms with E-state index in [2.05, 4.69) is 15.0 Å². The summed E-state index contributed by atoms with van der Waals surface area (Å²) < 4.78 is 4.62. The van der Waals surface area contributed by atoms with Crippen molar-refractivity contribution >= 4 is 28.3 Å². The molecule has 2 rings (SSSR count). The Morgan fingerprint density at radius 3 is 3.00 bits per heavy atom. The third-order valence-electron chi connectivity index (χ3n) is 2.97. The highest BCUT2D eigenvalue weighted by atomic mass is 32.1. The highest BCUT2D eigenvalue weighted by Crippen LogP contribution is 2.29. The van der Waals surface area contributed by atoms with E-state index in [1.54, 1.807) is 5.38 Å². The highest BCUT2D eigenvalue weighted by molar-refractivity contribution is 7.14. The van der Waals surface area contributed by atoms with Gasteiger partial charge in [0, 0.05) is 18.5 Å². The highest BCUT2D eigenvalue weighted by Gasteiger charge is 2.39. The molecule has 0 aromatic carbocycles. The van der Waals surface area contributed by atoms with Crippen molar-refractivity contribution in [2.45, 2.75) is 19.4 Å². The van der Waals surface area contributed by atoms with Crippen molar-refractivity contribution < 1.29 is 14.3 Å². The molecule has 1 N–H and O–H groups in total. The van der Waals surface area contributed by atoms with Crippen LogP contribution in [0.4, 0.5) is 5.13 Å². The lowest BCUT2D eigenvalue weighted by Gasteiger charge is -2.40. The van der Waals surface area contributed by atoms with Crippen molar-refractivity contribution in [3.05, 3.63) is 11.1 Å². The van der Waals surface area contributed by atoms with Gasteiger partial charge in [-0.15, -0.1) is 11.3 Å². The monoisotopic (exact) mass is 269 g/mol. The van der Waals surface area contributed by atoms with Gasteiger partial charge in [-0.05, 0) is 13.8 Å². The summed E-state index contributed by atoms with van der Waals surface area (Å²) in [6, 6.07) is 0. The normalized spacial score (nSPS) is 18.4. The van der Waals surface area contributed by atoms with Crippen LogP contribution in [0, 0.1) is 0 Å². The van der Waals surface area contributed by atoms with Gasteiger partial charge in [-0.2, -0.15) is 0 Å². The summed E-state index contributed by atoms with van der Waals surface area (Å²) >= 11 is 1.34. The third kappa shape index (κ3) is 2.05. The fraction of sp³-hybridized carbons (Fsp3) is 0.545. The van der Waals surface area contributed by atoms with E-state index < -0.39 is 11.5 Å². The Morgan fingerprint density at radius 1 is 1.61 bits per heavy atom. The van der Waals surface area contributed by atoms with Gasteiger partial charge < -0.3 is 15.0 Å². The molecule has 1 aromatic rings. The number of nitrogens with one attached hydrogen (secondary N) is 1. The van der Waals surface area contributed by atoms with Gasteiger partial charge in [-0.25, -0.2) is 9.78 Å². The second-order valence-electron chi connectivity index (χ2n) is 4.47. The lowest BCUT2D eigenvalue weighted by molar-refractivity contribution is -0.126. The number of hydrogen-bond acceptors (Lipinski definition) is 6. The van der Waals surface area contributed by atoms with Crippen LogP contribution in [0.2, 0.25) is 0 Å². The molecule has 1 aromatic heterocycles. The topological polar surface area (TPSA) is 71.5 Å². The summed E-state index contributed by atoms with van der Waals surface area (Å²) in [7, 11) is 1.32. The lowest BCUT2D eigenvalue weighted by Crippen LogP contribution is -2.62. The summed E-state index contributed by atoms with van der Waals surface area (Å²) in [4.78, 5) is 29.3. The van der Waals surface area contributed by atoms with Crippen LogP contribution in [-0.4, -0.2) is 42.6 Å². The van der Waals surface area contributed by atoms with Gasteiger partial charge in [0.05, 0.1) is 7.11 Å². The number of carbonyl (C=O) groups is 2. The average Bonchev–Trinajstić information content (AvgIpc) is 2.80. The Balaban J connectivity index is 2.28. The van der Waals surface area contributed by atoms with Crippen molar-refractivity contribution in [3.63, 3.8) is 0 Å². The molecule has 1 saturated heterocycles. The standard InChI is InChI=1S/C11H15N3O3S/c1-11(2)9(16)12-4-5-14(11)10-13-7(6-18-10)8(15)17-3/h6H,4-5H2,1-3H3,(H,12,16).